The van der Waals surface area contributed by atoms with Crippen LogP contribution in [0.25, 0.3) is 0 Å². The molecular formula is C19H24FN. The molecule has 0 aliphatic rings. The number of likely N-dealkylation sites (N-methyl/N-ethyl adjacent to an activating group) is 1. The van der Waals surface area contributed by atoms with Gasteiger partial charge in [0.15, 0.2) is 0 Å². The summed E-state index contributed by atoms with van der Waals surface area (Å²) in [5.74, 6) is -0.128. The highest BCUT2D eigenvalue weighted by Crippen LogP contribution is 2.23. The number of hydrogen-bond donors (Lipinski definition) is 1. The minimum Gasteiger partial charge on any atom is -0.310 e. The molecule has 1 nitrogen and oxygen atoms in total. The number of benzene rings is 2. The summed E-state index contributed by atoms with van der Waals surface area (Å²) in [5.41, 5.74) is 4.42. The van der Waals surface area contributed by atoms with E-state index < -0.39 is 0 Å². The van der Waals surface area contributed by atoms with Crippen LogP contribution in [0.15, 0.2) is 42.5 Å². The van der Waals surface area contributed by atoms with E-state index in [0.717, 1.165) is 30.5 Å². The number of halogens is 1. The molecule has 0 bridgehead atoms. The molecule has 0 aliphatic heterocycles. The summed E-state index contributed by atoms with van der Waals surface area (Å²) in [6, 6.07) is 14.0. The van der Waals surface area contributed by atoms with Gasteiger partial charge < -0.3 is 5.32 Å². The average Bonchev–Trinajstić information content (AvgIpc) is 2.50. The maximum Gasteiger partial charge on any atom is 0.128 e. The quantitative estimate of drug-likeness (QED) is 0.818. The van der Waals surface area contributed by atoms with Gasteiger partial charge in [0, 0.05) is 11.6 Å². The summed E-state index contributed by atoms with van der Waals surface area (Å²) in [4.78, 5) is 0. The predicted molar refractivity (Wildman–Crippen MR) is 87.1 cm³/mol. The molecule has 0 amide bonds. The second kappa shape index (κ2) is 7.37. The zero-order valence-electron chi connectivity index (χ0n) is 13.1. The van der Waals surface area contributed by atoms with Gasteiger partial charge in [-0.1, -0.05) is 55.8 Å². The van der Waals surface area contributed by atoms with Crippen molar-refractivity contribution in [3.63, 3.8) is 0 Å². The van der Waals surface area contributed by atoms with E-state index in [4.69, 9.17) is 0 Å². The highest BCUT2D eigenvalue weighted by Gasteiger charge is 2.15. The second-order valence-corrected chi connectivity index (χ2v) is 5.51. The lowest BCUT2D eigenvalue weighted by Crippen LogP contribution is -2.24. The van der Waals surface area contributed by atoms with Gasteiger partial charge in [-0.2, -0.15) is 0 Å². The van der Waals surface area contributed by atoms with E-state index in [9.17, 15) is 4.39 Å². The Morgan fingerprint density at radius 2 is 1.67 bits per heavy atom. The minimum atomic E-state index is -0.128. The van der Waals surface area contributed by atoms with Gasteiger partial charge in [-0.15, -0.1) is 0 Å². The van der Waals surface area contributed by atoms with Crippen molar-refractivity contribution < 1.29 is 4.39 Å². The van der Waals surface area contributed by atoms with Gasteiger partial charge in [0.1, 0.15) is 5.82 Å². The molecule has 0 spiro atoms. The van der Waals surface area contributed by atoms with Crippen LogP contribution >= 0.6 is 0 Å². The van der Waals surface area contributed by atoms with Crippen molar-refractivity contribution in [3.05, 3.63) is 70.5 Å². The molecule has 2 rings (SSSR count). The first-order valence-corrected chi connectivity index (χ1v) is 7.71. The van der Waals surface area contributed by atoms with Crippen molar-refractivity contribution in [2.75, 3.05) is 6.54 Å². The molecule has 0 aromatic heterocycles. The summed E-state index contributed by atoms with van der Waals surface area (Å²) in [7, 11) is 0. The van der Waals surface area contributed by atoms with Gasteiger partial charge in [-0.05, 0) is 43.5 Å². The fourth-order valence-electron chi connectivity index (χ4n) is 2.62. The van der Waals surface area contributed by atoms with E-state index in [1.807, 2.05) is 19.1 Å². The average molecular weight is 285 g/mol. The third-order valence-corrected chi connectivity index (χ3v) is 3.85. The van der Waals surface area contributed by atoms with Crippen molar-refractivity contribution in [3.8, 4) is 0 Å². The first kappa shape index (κ1) is 15.7. The van der Waals surface area contributed by atoms with E-state index in [2.05, 4.69) is 43.4 Å². The topological polar surface area (TPSA) is 12.0 Å². The Bertz CT molecular complexity index is 575. The highest BCUT2D eigenvalue weighted by molar-refractivity contribution is 5.30. The molecule has 1 atom stereocenters. The van der Waals surface area contributed by atoms with Crippen LogP contribution in [0, 0.1) is 12.7 Å². The number of aryl methyl sites for hydroxylation is 2. The van der Waals surface area contributed by atoms with Gasteiger partial charge >= 0.3 is 0 Å². The van der Waals surface area contributed by atoms with Gasteiger partial charge in [-0.25, -0.2) is 4.39 Å². The van der Waals surface area contributed by atoms with Gasteiger partial charge in [0.05, 0.1) is 0 Å². The Morgan fingerprint density at radius 3 is 2.29 bits per heavy atom. The predicted octanol–water partition coefficient (Wildman–Crippen LogP) is 4.59. The van der Waals surface area contributed by atoms with Crippen molar-refractivity contribution in [1.82, 2.24) is 5.32 Å². The van der Waals surface area contributed by atoms with E-state index in [0.29, 0.717) is 0 Å². The molecule has 0 saturated heterocycles. The van der Waals surface area contributed by atoms with Gasteiger partial charge in [-0.3, -0.25) is 0 Å². The molecule has 21 heavy (non-hydrogen) atoms. The third-order valence-electron chi connectivity index (χ3n) is 3.85. The van der Waals surface area contributed by atoms with Crippen molar-refractivity contribution in [2.24, 2.45) is 0 Å². The maximum atomic E-state index is 14.1. The number of hydrogen-bond acceptors (Lipinski definition) is 1. The van der Waals surface area contributed by atoms with Crippen LogP contribution in [-0.2, 0) is 12.8 Å². The summed E-state index contributed by atoms with van der Waals surface area (Å²) in [5, 5.41) is 3.40. The Balaban J connectivity index is 2.23. The molecular weight excluding hydrogens is 261 g/mol. The van der Waals surface area contributed by atoms with E-state index >= 15 is 0 Å². The molecule has 2 heteroatoms. The van der Waals surface area contributed by atoms with Crippen LogP contribution in [0.4, 0.5) is 4.39 Å². The molecule has 0 fully saturated rings. The van der Waals surface area contributed by atoms with E-state index in [-0.39, 0.29) is 11.9 Å². The molecule has 1 unspecified atom stereocenters. The van der Waals surface area contributed by atoms with Crippen LogP contribution in [0.1, 0.15) is 42.1 Å². The normalized spacial score (nSPS) is 12.4. The molecule has 0 aliphatic carbocycles. The molecule has 0 heterocycles. The van der Waals surface area contributed by atoms with Crippen molar-refractivity contribution in [2.45, 2.75) is 39.7 Å². The molecule has 2 aromatic rings. The van der Waals surface area contributed by atoms with E-state index in [1.54, 1.807) is 6.07 Å². The van der Waals surface area contributed by atoms with Crippen molar-refractivity contribution >= 4 is 0 Å². The first-order valence-electron chi connectivity index (χ1n) is 7.71. The lowest BCUT2D eigenvalue weighted by Gasteiger charge is -2.20. The summed E-state index contributed by atoms with van der Waals surface area (Å²) in [6.45, 7) is 7.03. The molecule has 0 radical (unpaired) electrons. The molecule has 2 aromatic carbocycles. The van der Waals surface area contributed by atoms with Crippen LogP contribution in [0.3, 0.4) is 0 Å². The SMILES string of the molecule is CCNC(Cc1ccc(CC)cc1)c1cc(C)ccc1F. The largest absolute Gasteiger partial charge is 0.310 e. The molecule has 0 saturated carbocycles. The smallest absolute Gasteiger partial charge is 0.128 e. The lowest BCUT2D eigenvalue weighted by molar-refractivity contribution is 0.509. The van der Waals surface area contributed by atoms with Gasteiger partial charge in [0.25, 0.3) is 0 Å². The minimum absolute atomic E-state index is 0.0161. The lowest BCUT2D eigenvalue weighted by atomic mass is 9.96. The fraction of sp³-hybridized carbons (Fsp3) is 0.368. The summed E-state index contributed by atoms with van der Waals surface area (Å²) < 4.78 is 14.1. The highest BCUT2D eigenvalue weighted by atomic mass is 19.1. The Hall–Kier alpha value is -1.67. The Morgan fingerprint density at radius 1 is 1.00 bits per heavy atom. The summed E-state index contributed by atoms with van der Waals surface area (Å²) in [6.07, 6.45) is 1.85. The Kier molecular flexibility index (Phi) is 5.51. The maximum absolute atomic E-state index is 14.1. The number of nitrogens with one attached hydrogen (secondary N) is 1. The standard InChI is InChI=1S/C19H24FN/c1-4-15-7-9-16(10-8-15)13-19(21-5-2)17-12-14(3)6-11-18(17)20/h6-12,19,21H,4-5,13H2,1-3H3. The summed E-state index contributed by atoms with van der Waals surface area (Å²) >= 11 is 0. The molecule has 112 valence electrons. The zero-order valence-corrected chi connectivity index (χ0v) is 13.1. The molecule has 1 N–H and O–H groups in total. The van der Waals surface area contributed by atoms with Crippen molar-refractivity contribution in [1.29, 1.82) is 0 Å². The van der Waals surface area contributed by atoms with Crippen LogP contribution < -0.4 is 5.32 Å². The Labute approximate surface area is 127 Å². The van der Waals surface area contributed by atoms with Crippen LogP contribution in [0.2, 0.25) is 0 Å². The monoisotopic (exact) mass is 285 g/mol. The zero-order chi connectivity index (χ0) is 15.2. The second-order valence-electron chi connectivity index (χ2n) is 5.51. The van der Waals surface area contributed by atoms with Crippen LogP contribution in [-0.4, -0.2) is 6.54 Å². The fourth-order valence-corrected chi connectivity index (χ4v) is 2.62. The van der Waals surface area contributed by atoms with Gasteiger partial charge in [0.2, 0.25) is 0 Å². The van der Waals surface area contributed by atoms with Crippen LogP contribution in [0.5, 0.6) is 0 Å². The third kappa shape index (κ3) is 4.15. The first-order chi connectivity index (χ1) is 10.1. The number of rotatable bonds is 6. The van der Waals surface area contributed by atoms with E-state index in [1.165, 1.54) is 11.1 Å².